The molecule has 1 aromatic carbocycles. The van der Waals surface area contributed by atoms with Gasteiger partial charge in [-0.2, -0.15) is 0 Å². The standard InChI is InChI=1S/C22H33N3O3/c1-14(8-7-11-23-15(2)21(26)27)24-18-13-17(28-6)12-16-9-10-19(22(3,4)5)25-20(16)18/h9-10,12-15,23-24H,7-8,11H2,1-6H3,(H,26,27). The number of hydrogen-bond acceptors (Lipinski definition) is 5. The van der Waals surface area contributed by atoms with E-state index in [2.05, 4.69) is 50.5 Å². The van der Waals surface area contributed by atoms with Crippen molar-refractivity contribution in [3.63, 3.8) is 0 Å². The van der Waals surface area contributed by atoms with Crippen molar-refractivity contribution in [3.05, 3.63) is 30.0 Å². The van der Waals surface area contributed by atoms with Gasteiger partial charge in [-0.3, -0.25) is 9.78 Å². The topological polar surface area (TPSA) is 83.5 Å². The molecule has 28 heavy (non-hydrogen) atoms. The van der Waals surface area contributed by atoms with Gasteiger partial charge in [0, 0.05) is 28.6 Å². The van der Waals surface area contributed by atoms with E-state index in [0.717, 1.165) is 40.9 Å². The van der Waals surface area contributed by atoms with Gasteiger partial charge in [-0.25, -0.2) is 0 Å². The summed E-state index contributed by atoms with van der Waals surface area (Å²) in [5.74, 6) is -0.0285. The Morgan fingerprint density at radius 1 is 1.25 bits per heavy atom. The third-order valence-corrected chi connectivity index (χ3v) is 4.81. The summed E-state index contributed by atoms with van der Waals surface area (Å²) in [4.78, 5) is 15.8. The molecule has 0 radical (unpaired) electrons. The fourth-order valence-electron chi connectivity index (χ4n) is 3.01. The summed E-state index contributed by atoms with van der Waals surface area (Å²) >= 11 is 0. The lowest BCUT2D eigenvalue weighted by Crippen LogP contribution is -2.34. The van der Waals surface area contributed by atoms with Crippen LogP contribution in [0.1, 0.15) is 53.2 Å². The quantitative estimate of drug-likeness (QED) is 0.560. The maximum atomic E-state index is 10.9. The van der Waals surface area contributed by atoms with Crippen LogP contribution < -0.4 is 15.4 Å². The number of carboxylic acid groups (broad SMARTS) is 1. The monoisotopic (exact) mass is 387 g/mol. The lowest BCUT2D eigenvalue weighted by atomic mass is 9.91. The van der Waals surface area contributed by atoms with Crippen LogP contribution in [0.5, 0.6) is 5.75 Å². The smallest absolute Gasteiger partial charge is 0.320 e. The molecule has 154 valence electrons. The Labute approximate surface area is 167 Å². The third kappa shape index (κ3) is 5.83. The largest absolute Gasteiger partial charge is 0.497 e. The number of rotatable bonds is 9. The van der Waals surface area contributed by atoms with Crippen LogP contribution in [0.4, 0.5) is 5.69 Å². The van der Waals surface area contributed by atoms with E-state index in [1.807, 2.05) is 12.1 Å². The van der Waals surface area contributed by atoms with Crippen LogP contribution in [-0.4, -0.2) is 41.8 Å². The van der Waals surface area contributed by atoms with E-state index in [0.29, 0.717) is 6.54 Å². The van der Waals surface area contributed by atoms with E-state index in [9.17, 15) is 4.79 Å². The predicted octanol–water partition coefficient (Wildman–Crippen LogP) is 4.18. The molecule has 1 aromatic heterocycles. The number of fused-ring (bicyclic) bond motifs is 1. The third-order valence-electron chi connectivity index (χ3n) is 4.81. The summed E-state index contributed by atoms with van der Waals surface area (Å²) in [5, 5.41) is 16.5. The average Bonchev–Trinajstić information content (AvgIpc) is 2.63. The molecule has 0 amide bonds. The number of nitrogens with one attached hydrogen (secondary N) is 2. The highest BCUT2D eigenvalue weighted by Gasteiger charge is 2.17. The number of benzene rings is 1. The van der Waals surface area contributed by atoms with Gasteiger partial charge in [0.1, 0.15) is 11.8 Å². The number of hydrogen-bond donors (Lipinski definition) is 3. The minimum atomic E-state index is -0.824. The van der Waals surface area contributed by atoms with Crippen LogP contribution in [0.3, 0.4) is 0 Å². The molecule has 0 saturated carbocycles. The van der Waals surface area contributed by atoms with Gasteiger partial charge in [-0.05, 0) is 45.4 Å². The Bertz CT molecular complexity index is 815. The molecule has 0 spiro atoms. The summed E-state index contributed by atoms with van der Waals surface area (Å²) in [6.07, 6.45) is 1.80. The number of methoxy groups -OCH3 is 1. The van der Waals surface area contributed by atoms with Crippen LogP contribution in [0.2, 0.25) is 0 Å². The van der Waals surface area contributed by atoms with Crippen LogP contribution in [0.25, 0.3) is 10.9 Å². The molecular weight excluding hydrogens is 354 g/mol. The fourth-order valence-corrected chi connectivity index (χ4v) is 3.01. The Balaban J connectivity index is 2.14. The molecule has 0 bridgehead atoms. The van der Waals surface area contributed by atoms with Crippen molar-refractivity contribution in [1.29, 1.82) is 0 Å². The van der Waals surface area contributed by atoms with Gasteiger partial charge in [-0.15, -0.1) is 0 Å². The maximum Gasteiger partial charge on any atom is 0.320 e. The van der Waals surface area contributed by atoms with Crippen LogP contribution >= 0.6 is 0 Å². The Morgan fingerprint density at radius 2 is 1.96 bits per heavy atom. The van der Waals surface area contributed by atoms with Gasteiger partial charge in [0.25, 0.3) is 0 Å². The first-order valence-corrected chi connectivity index (χ1v) is 9.84. The van der Waals surface area contributed by atoms with Gasteiger partial charge >= 0.3 is 5.97 Å². The number of aromatic nitrogens is 1. The highest BCUT2D eigenvalue weighted by molar-refractivity contribution is 5.92. The molecule has 0 fully saturated rings. The van der Waals surface area contributed by atoms with Gasteiger partial charge in [-0.1, -0.05) is 26.8 Å². The van der Waals surface area contributed by atoms with E-state index in [-0.39, 0.29) is 11.5 Å². The number of pyridine rings is 1. The number of ether oxygens (including phenoxy) is 1. The minimum absolute atomic E-state index is 0.0243. The second-order valence-corrected chi connectivity index (χ2v) is 8.39. The van der Waals surface area contributed by atoms with Gasteiger partial charge < -0.3 is 20.5 Å². The van der Waals surface area contributed by atoms with Crippen molar-refractivity contribution < 1.29 is 14.6 Å². The average molecular weight is 388 g/mol. The molecule has 0 aliphatic carbocycles. The molecule has 6 heteroatoms. The van der Waals surface area contributed by atoms with E-state index in [1.165, 1.54) is 0 Å². The zero-order valence-corrected chi connectivity index (χ0v) is 17.8. The Kier molecular flexibility index (Phi) is 7.24. The zero-order valence-electron chi connectivity index (χ0n) is 17.8. The number of anilines is 1. The molecule has 0 aliphatic heterocycles. The molecule has 2 unspecified atom stereocenters. The number of aliphatic carboxylic acids is 1. The molecule has 0 saturated heterocycles. The van der Waals surface area contributed by atoms with E-state index in [1.54, 1.807) is 14.0 Å². The van der Waals surface area contributed by atoms with Gasteiger partial charge in [0.05, 0.1) is 18.3 Å². The molecule has 2 rings (SSSR count). The predicted molar refractivity (Wildman–Crippen MR) is 114 cm³/mol. The highest BCUT2D eigenvalue weighted by Crippen LogP contribution is 2.31. The normalized spacial score (nSPS) is 13.9. The lowest BCUT2D eigenvalue weighted by Gasteiger charge is -2.21. The summed E-state index contributed by atoms with van der Waals surface area (Å²) in [6.45, 7) is 10.9. The van der Waals surface area contributed by atoms with Crippen LogP contribution in [-0.2, 0) is 10.2 Å². The van der Waals surface area contributed by atoms with Gasteiger partial charge in [0.2, 0.25) is 0 Å². The SMILES string of the molecule is COc1cc(NC(C)CCCNC(C)C(=O)O)c2nc(C(C)(C)C)ccc2c1. The zero-order chi connectivity index (χ0) is 20.9. The van der Waals surface area contributed by atoms with Crippen molar-refractivity contribution in [2.75, 3.05) is 19.0 Å². The molecule has 0 aliphatic rings. The first kappa shape index (κ1) is 22.0. The molecular formula is C22H33N3O3. The number of carboxylic acids is 1. The van der Waals surface area contributed by atoms with Crippen LogP contribution in [0, 0.1) is 0 Å². The molecule has 2 atom stereocenters. The first-order chi connectivity index (χ1) is 13.1. The van der Waals surface area contributed by atoms with E-state index in [4.69, 9.17) is 14.8 Å². The van der Waals surface area contributed by atoms with Gasteiger partial charge in [0.15, 0.2) is 0 Å². The Morgan fingerprint density at radius 3 is 2.57 bits per heavy atom. The Hall–Kier alpha value is -2.34. The van der Waals surface area contributed by atoms with Crippen molar-refractivity contribution >= 4 is 22.6 Å². The van der Waals surface area contributed by atoms with E-state index >= 15 is 0 Å². The van der Waals surface area contributed by atoms with E-state index < -0.39 is 12.0 Å². The molecule has 2 aromatic rings. The second-order valence-electron chi connectivity index (χ2n) is 8.39. The summed E-state index contributed by atoms with van der Waals surface area (Å²) < 4.78 is 5.46. The maximum absolute atomic E-state index is 10.9. The fraction of sp³-hybridized carbons (Fsp3) is 0.545. The second kappa shape index (κ2) is 9.24. The van der Waals surface area contributed by atoms with Crippen molar-refractivity contribution in [2.24, 2.45) is 0 Å². The minimum Gasteiger partial charge on any atom is -0.497 e. The van der Waals surface area contributed by atoms with Crippen LogP contribution in [0.15, 0.2) is 24.3 Å². The highest BCUT2D eigenvalue weighted by atomic mass is 16.5. The molecule has 3 N–H and O–H groups in total. The van der Waals surface area contributed by atoms with Crippen molar-refractivity contribution in [1.82, 2.24) is 10.3 Å². The molecule has 1 heterocycles. The summed E-state index contributed by atoms with van der Waals surface area (Å²) in [7, 11) is 1.67. The summed E-state index contributed by atoms with van der Waals surface area (Å²) in [5.41, 5.74) is 2.92. The lowest BCUT2D eigenvalue weighted by molar-refractivity contribution is -0.138. The summed E-state index contributed by atoms with van der Waals surface area (Å²) in [6, 6.07) is 7.86. The number of carbonyl (C=O) groups is 1. The first-order valence-electron chi connectivity index (χ1n) is 9.84. The van der Waals surface area contributed by atoms with Crippen molar-refractivity contribution in [2.45, 2.75) is 65.0 Å². The van der Waals surface area contributed by atoms with Crippen molar-refractivity contribution in [3.8, 4) is 5.75 Å². The number of nitrogens with zero attached hydrogens (tertiary/aromatic N) is 1. The molecule has 6 nitrogen and oxygen atoms in total.